The minimum absolute atomic E-state index is 0.218. The lowest BCUT2D eigenvalue weighted by atomic mass is 10.0. The Hall–Kier alpha value is -2.49. The van der Waals surface area contributed by atoms with Gasteiger partial charge in [-0.15, -0.1) is 0 Å². The van der Waals surface area contributed by atoms with E-state index >= 15 is 0 Å². The molecule has 3 aromatic carbocycles. The molecule has 3 nitrogen and oxygen atoms in total. The first-order valence-corrected chi connectivity index (χ1v) is 8.59. The van der Waals surface area contributed by atoms with Gasteiger partial charge in [0.2, 0.25) is 0 Å². The lowest BCUT2D eigenvalue weighted by molar-refractivity contribution is 1.21. The number of hydrogen-bond donors (Lipinski definition) is 2. The molecule has 3 aromatic rings. The summed E-state index contributed by atoms with van der Waals surface area (Å²) in [6.07, 6.45) is 4.23. The van der Waals surface area contributed by atoms with Crippen LogP contribution >= 0.6 is 23.2 Å². The maximum Gasteiger partial charge on any atom is 0.199 e. The molecule has 0 saturated carbocycles. The smallest absolute Gasteiger partial charge is 0.199 e. The fourth-order valence-electron chi connectivity index (χ4n) is 3.11. The average Bonchev–Trinajstić information content (AvgIpc) is 3.04. The number of halogens is 2. The summed E-state index contributed by atoms with van der Waals surface area (Å²) in [5.41, 5.74) is 3.97. The summed E-state index contributed by atoms with van der Waals surface area (Å²) in [7, 11) is 1.79. The van der Waals surface area contributed by atoms with Crippen LogP contribution in [-0.2, 0) is 0 Å². The molecule has 0 radical (unpaired) electrons. The van der Waals surface area contributed by atoms with Crippen LogP contribution in [-0.4, -0.2) is 13.0 Å². The van der Waals surface area contributed by atoms with Crippen LogP contribution in [0.1, 0.15) is 11.1 Å². The predicted molar refractivity (Wildman–Crippen MR) is 109 cm³/mol. The Balaban J connectivity index is 1.68. The molecule has 0 unspecified atom stereocenters. The molecule has 0 spiro atoms. The monoisotopic (exact) mass is 367 g/mol. The van der Waals surface area contributed by atoms with Gasteiger partial charge in [-0.1, -0.05) is 65.7 Å². The van der Waals surface area contributed by atoms with Crippen LogP contribution < -0.4 is 10.2 Å². The second-order valence-corrected chi connectivity index (χ2v) is 6.70. The standard InChI is InChI=1S/C20H15Cl2N3/c1-25(17-7-3-6-15(21)19(17)22)20(23)24-16-11-10-13-9-8-12-4-2-5-14(16)18(12)13/h2-11H,1H3,(H2,23,24). The highest BCUT2D eigenvalue weighted by Crippen LogP contribution is 2.36. The summed E-state index contributed by atoms with van der Waals surface area (Å²) in [5, 5.41) is 14.8. The molecule has 2 N–H and O–H groups in total. The summed E-state index contributed by atoms with van der Waals surface area (Å²) in [6.45, 7) is 0. The molecule has 0 amide bonds. The zero-order chi connectivity index (χ0) is 17.6. The van der Waals surface area contributed by atoms with Gasteiger partial charge >= 0.3 is 0 Å². The van der Waals surface area contributed by atoms with Crippen molar-refractivity contribution < 1.29 is 0 Å². The normalized spacial score (nSPS) is 11.8. The summed E-state index contributed by atoms with van der Waals surface area (Å²) < 4.78 is 0. The number of hydrogen-bond acceptors (Lipinski definition) is 1. The topological polar surface area (TPSA) is 39.1 Å². The SMILES string of the molecule is CN(C(=N)Nc1ccc2c3c(cccc13)C=C2)c1cccc(Cl)c1Cl. The first-order valence-electron chi connectivity index (χ1n) is 7.83. The van der Waals surface area contributed by atoms with E-state index in [-0.39, 0.29) is 5.96 Å². The molecule has 0 heterocycles. The quantitative estimate of drug-likeness (QED) is 0.331. The van der Waals surface area contributed by atoms with Gasteiger partial charge in [0.15, 0.2) is 5.96 Å². The van der Waals surface area contributed by atoms with Gasteiger partial charge in [0, 0.05) is 18.1 Å². The summed E-state index contributed by atoms with van der Waals surface area (Å²) in [5.74, 6) is 0.218. The Labute approximate surface area is 156 Å². The Bertz CT molecular complexity index is 1030. The lowest BCUT2D eigenvalue weighted by Gasteiger charge is -2.23. The van der Waals surface area contributed by atoms with Crippen molar-refractivity contribution in [1.29, 1.82) is 5.41 Å². The van der Waals surface area contributed by atoms with Gasteiger partial charge in [-0.3, -0.25) is 5.41 Å². The molecular formula is C20H15Cl2N3. The average molecular weight is 368 g/mol. The van der Waals surface area contributed by atoms with E-state index in [9.17, 15) is 0 Å². The van der Waals surface area contributed by atoms with Crippen LogP contribution in [0, 0.1) is 5.41 Å². The van der Waals surface area contributed by atoms with Gasteiger partial charge in [-0.2, -0.15) is 0 Å². The van der Waals surface area contributed by atoms with E-state index in [2.05, 4.69) is 35.7 Å². The van der Waals surface area contributed by atoms with Crippen molar-refractivity contribution in [2.75, 3.05) is 17.3 Å². The van der Waals surface area contributed by atoms with Crippen molar-refractivity contribution in [3.8, 4) is 0 Å². The molecule has 0 saturated heterocycles. The lowest BCUT2D eigenvalue weighted by Crippen LogP contribution is -2.32. The molecule has 5 heteroatoms. The van der Waals surface area contributed by atoms with Crippen LogP contribution in [0.5, 0.6) is 0 Å². The zero-order valence-electron chi connectivity index (χ0n) is 13.5. The van der Waals surface area contributed by atoms with Crippen molar-refractivity contribution in [3.63, 3.8) is 0 Å². The Morgan fingerprint density at radius 1 is 0.960 bits per heavy atom. The van der Waals surface area contributed by atoms with E-state index < -0.39 is 0 Å². The Kier molecular flexibility index (Phi) is 3.91. The summed E-state index contributed by atoms with van der Waals surface area (Å²) in [6, 6.07) is 15.6. The minimum atomic E-state index is 0.218. The molecule has 0 aromatic heterocycles. The van der Waals surface area contributed by atoms with E-state index in [1.54, 1.807) is 18.0 Å². The van der Waals surface area contributed by atoms with Crippen LogP contribution in [0.2, 0.25) is 10.0 Å². The summed E-state index contributed by atoms with van der Waals surface area (Å²) >= 11 is 12.4. The van der Waals surface area contributed by atoms with E-state index in [0.717, 1.165) is 11.1 Å². The number of rotatable bonds is 2. The maximum absolute atomic E-state index is 8.43. The number of benzene rings is 3. The summed E-state index contributed by atoms with van der Waals surface area (Å²) in [4.78, 5) is 1.68. The predicted octanol–water partition coefficient (Wildman–Crippen LogP) is 6.11. The van der Waals surface area contributed by atoms with Crippen molar-refractivity contribution in [2.24, 2.45) is 0 Å². The number of nitrogens with one attached hydrogen (secondary N) is 2. The number of anilines is 2. The van der Waals surface area contributed by atoms with Gasteiger partial charge in [-0.05, 0) is 34.7 Å². The highest BCUT2D eigenvalue weighted by atomic mass is 35.5. The molecule has 0 fully saturated rings. The van der Waals surface area contributed by atoms with Crippen LogP contribution in [0.3, 0.4) is 0 Å². The maximum atomic E-state index is 8.43. The molecule has 124 valence electrons. The van der Waals surface area contributed by atoms with Gasteiger partial charge in [0.25, 0.3) is 0 Å². The van der Waals surface area contributed by atoms with E-state index in [0.29, 0.717) is 15.7 Å². The molecule has 0 aliphatic heterocycles. The molecule has 4 rings (SSSR count). The Morgan fingerprint density at radius 3 is 2.48 bits per heavy atom. The third kappa shape index (κ3) is 2.66. The van der Waals surface area contributed by atoms with Crippen molar-refractivity contribution in [2.45, 2.75) is 0 Å². The van der Waals surface area contributed by atoms with Crippen molar-refractivity contribution in [1.82, 2.24) is 0 Å². The third-order valence-electron chi connectivity index (χ3n) is 4.43. The fourth-order valence-corrected chi connectivity index (χ4v) is 3.53. The first kappa shape index (κ1) is 16.0. The molecule has 1 aliphatic carbocycles. The second-order valence-electron chi connectivity index (χ2n) is 5.91. The van der Waals surface area contributed by atoms with Gasteiger partial charge < -0.3 is 10.2 Å². The van der Waals surface area contributed by atoms with E-state index in [1.165, 1.54) is 16.5 Å². The van der Waals surface area contributed by atoms with Gasteiger partial charge in [-0.25, -0.2) is 0 Å². The van der Waals surface area contributed by atoms with E-state index in [1.807, 2.05) is 24.3 Å². The van der Waals surface area contributed by atoms with Crippen LogP contribution in [0.15, 0.2) is 48.5 Å². The van der Waals surface area contributed by atoms with Crippen LogP contribution in [0.25, 0.3) is 22.9 Å². The largest absolute Gasteiger partial charge is 0.326 e. The minimum Gasteiger partial charge on any atom is -0.326 e. The fraction of sp³-hybridized carbons (Fsp3) is 0.0500. The molecule has 25 heavy (non-hydrogen) atoms. The highest BCUT2D eigenvalue weighted by molar-refractivity contribution is 6.44. The van der Waals surface area contributed by atoms with E-state index in [4.69, 9.17) is 28.6 Å². The second kappa shape index (κ2) is 6.10. The van der Waals surface area contributed by atoms with Gasteiger partial charge in [0.1, 0.15) is 0 Å². The van der Waals surface area contributed by atoms with Crippen molar-refractivity contribution >= 4 is 63.5 Å². The van der Waals surface area contributed by atoms with Crippen LogP contribution in [0.4, 0.5) is 11.4 Å². The van der Waals surface area contributed by atoms with Crippen molar-refractivity contribution in [3.05, 3.63) is 69.7 Å². The highest BCUT2D eigenvalue weighted by Gasteiger charge is 2.16. The molecule has 1 aliphatic rings. The number of guanidine groups is 1. The molecule has 0 bridgehead atoms. The molecular weight excluding hydrogens is 353 g/mol. The third-order valence-corrected chi connectivity index (χ3v) is 5.24. The zero-order valence-corrected chi connectivity index (χ0v) is 15.0. The number of nitrogens with zero attached hydrogens (tertiary/aromatic N) is 1. The van der Waals surface area contributed by atoms with Gasteiger partial charge in [0.05, 0.1) is 15.7 Å². The molecule has 0 atom stereocenters. The first-order chi connectivity index (χ1) is 12.1. The Morgan fingerprint density at radius 2 is 1.68 bits per heavy atom.